The summed E-state index contributed by atoms with van der Waals surface area (Å²) in [6, 6.07) is 7.66. The van der Waals surface area contributed by atoms with Crippen molar-refractivity contribution in [3.05, 3.63) is 29.8 Å². The smallest absolute Gasteiger partial charge is 0.309 e. The van der Waals surface area contributed by atoms with Crippen LogP contribution in [0.2, 0.25) is 0 Å². The molecule has 0 aromatic heterocycles. The van der Waals surface area contributed by atoms with Gasteiger partial charge in [0.05, 0.1) is 12.5 Å². The fraction of sp³-hybridized carbons (Fsp3) is 0.556. The minimum Gasteiger partial charge on any atom is -0.481 e. The number of para-hydroxylation sites is 1. The van der Waals surface area contributed by atoms with Crippen LogP contribution >= 0.6 is 0 Å². The third-order valence-corrected chi connectivity index (χ3v) is 4.17. The van der Waals surface area contributed by atoms with Crippen LogP contribution in [0.15, 0.2) is 24.3 Å². The van der Waals surface area contributed by atoms with Crippen molar-refractivity contribution >= 4 is 11.9 Å². The Morgan fingerprint density at radius 1 is 1.26 bits per heavy atom. The highest BCUT2D eigenvalue weighted by molar-refractivity contribution is 5.81. The number of esters is 1. The van der Waals surface area contributed by atoms with Gasteiger partial charge in [-0.3, -0.25) is 9.59 Å². The summed E-state index contributed by atoms with van der Waals surface area (Å²) in [6.45, 7) is 7.08. The molecule has 5 heteroatoms. The molecule has 0 saturated carbocycles. The highest BCUT2D eigenvalue weighted by atomic mass is 16.5. The first-order chi connectivity index (χ1) is 11.0. The molecule has 1 heterocycles. The van der Waals surface area contributed by atoms with E-state index in [1.54, 1.807) is 18.7 Å². The van der Waals surface area contributed by atoms with Crippen LogP contribution in [0.25, 0.3) is 0 Å². The van der Waals surface area contributed by atoms with Gasteiger partial charge in [0.25, 0.3) is 5.91 Å². The zero-order valence-corrected chi connectivity index (χ0v) is 14.1. The Balaban J connectivity index is 1.87. The maximum absolute atomic E-state index is 12.5. The van der Waals surface area contributed by atoms with Crippen molar-refractivity contribution in [2.24, 2.45) is 5.92 Å². The number of carbonyl (C=O) groups is 2. The fourth-order valence-electron chi connectivity index (χ4n) is 2.78. The standard InChI is InChI=1S/C18H25NO4/c1-4-22-18(21)15-9-11-19(12-10-15)17(20)14(3)23-16-8-6-5-7-13(16)2/h5-8,14-15H,4,9-12H2,1-3H3/t14-/m0/s1. The highest BCUT2D eigenvalue weighted by Gasteiger charge is 2.30. The predicted octanol–water partition coefficient (Wildman–Crippen LogP) is 2.56. The first-order valence-corrected chi connectivity index (χ1v) is 8.20. The molecule has 1 amide bonds. The number of hydrogen-bond acceptors (Lipinski definition) is 4. The molecule has 0 unspecified atom stereocenters. The topological polar surface area (TPSA) is 55.8 Å². The Labute approximate surface area is 137 Å². The van der Waals surface area contributed by atoms with E-state index in [0.29, 0.717) is 32.5 Å². The molecule has 1 aliphatic rings. The molecule has 0 spiro atoms. The van der Waals surface area contributed by atoms with E-state index in [1.165, 1.54) is 0 Å². The van der Waals surface area contributed by atoms with Gasteiger partial charge in [-0.25, -0.2) is 0 Å². The number of likely N-dealkylation sites (tertiary alicyclic amines) is 1. The van der Waals surface area contributed by atoms with Crippen LogP contribution in [-0.4, -0.2) is 42.6 Å². The monoisotopic (exact) mass is 319 g/mol. The Kier molecular flexibility index (Phi) is 6.02. The van der Waals surface area contributed by atoms with Crippen molar-refractivity contribution in [3.63, 3.8) is 0 Å². The van der Waals surface area contributed by atoms with E-state index in [1.807, 2.05) is 31.2 Å². The molecule has 1 aromatic rings. The van der Waals surface area contributed by atoms with Crippen LogP contribution in [0.5, 0.6) is 5.75 Å². The molecule has 2 rings (SSSR count). The van der Waals surface area contributed by atoms with Crippen LogP contribution in [0.1, 0.15) is 32.3 Å². The van der Waals surface area contributed by atoms with Gasteiger partial charge in [-0.2, -0.15) is 0 Å². The molecule has 5 nitrogen and oxygen atoms in total. The van der Waals surface area contributed by atoms with Gasteiger partial charge in [0.15, 0.2) is 6.10 Å². The summed E-state index contributed by atoms with van der Waals surface area (Å²) in [6.07, 6.45) is 0.777. The molecule has 0 bridgehead atoms. The maximum Gasteiger partial charge on any atom is 0.309 e. The lowest BCUT2D eigenvalue weighted by Crippen LogP contribution is -2.46. The summed E-state index contributed by atoms with van der Waals surface area (Å²) in [5.74, 6) is 0.459. The van der Waals surface area contributed by atoms with E-state index in [9.17, 15) is 9.59 Å². The summed E-state index contributed by atoms with van der Waals surface area (Å²) < 4.78 is 10.8. The number of benzene rings is 1. The largest absolute Gasteiger partial charge is 0.481 e. The van der Waals surface area contributed by atoms with E-state index >= 15 is 0 Å². The molecule has 23 heavy (non-hydrogen) atoms. The second-order valence-electron chi connectivity index (χ2n) is 5.88. The first kappa shape index (κ1) is 17.3. The van der Waals surface area contributed by atoms with E-state index in [2.05, 4.69) is 0 Å². The van der Waals surface area contributed by atoms with Gasteiger partial charge in [0.2, 0.25) is 0 Å². The normalized spacial score (nSPS) is 16.7. The van der Waals surface area contributed by atoms with Crippen LogP contribution in [-0.2, 0) is 14.3 Å². The van der Waals surface area contributed by atoms with Gasteiger partial charge in [-0.1, -0.05) is 18.2 Å². The summed E-state index contributed by atoms with van der Waals surface area (Å²) in [7, 11) is 0. The average molecular weight is 319 g/mol. The number of nitrogens with zero attached hydrogens (tertiary/aromatic N) is 1. The van der Waals surface area contributed by atoms with Crippen LogP contribution in [0, 0.1) is 12.8 Å². The lowest BCUT2D eigenvalue weighted by molar-refractivity contribution is -0.152. The molecule has 126 valence electrons. The number of amides is 1. The van der Waals surface area contributed by atoms with Crippen molar-refractivity contribution in [2.75, 3.05) is 19.7 Å². The summed E-state index contributed by atoms with van der Waals surface area (Å²) >= 11 is 0. The van der Waals surface area contributed by atoms with Crippen LogP contribution < -0.4 is 4.74 Å². The molecular weight excluding hydrogens is 294 g/mol. The molecule has 1 fully saturated rings. The molecule has 1 aromatic carbocycles. The minimum absolute atomic E-state index is 0.0319. The number of rotatable bonds is 5. The number of hydrogen-bond donors (Lipinski definition) is 0. The number of carbonyl (C=O) groups excluding carboxylic acids is 2. The van der Waals surface area contributed by atoms with Gasteiger partial charge in [0, 0.05) is 13.1 Å². The van der Waals surface area contributed by atoms with Crippen molar-refractivity contribution < 1.29 is 19.1 Å². The van der Waals surface area contributed by atoms with Crippen molar-refractivity contribution in [1.29, 1.82) is 0 Å². The molecule has 0 N–H and O–H groups in total. The average Bonchev–Trinajstić information content (AvgIpc) is 2.56. The zero-order chi connectivity index (χ0) is 16.8. The summed E-state index contributed by atoms with van der Waals surface area (Å²) in [5, 5.41) is 0. The fourth-order valence-corrected chi connectivity index (χ4v) is 2.78. The van der Waals surface area contributed by atoms with E-state index in [4.69, 9.17) is 9.47 Å². The van der Waals surface area contributed by atoms with E-state index in [0.717, 1.165) is 11.3 Å². The van der Waals surface area contributed by atoms with Crippen molar-refractivity contribution in [3.8, 4) is 5.75 Å². The molecular formula is C18H25NO4. The third kappa shape index (κ3) is 4.47. The van der Waals surface area contributed by atoms with Crippen LogP contribution in [0.4, 0.5) is 0 Å². The van der Waals surface area contributed by atoms with Crippen LogP contribution in [0.3, 0.4) is 0 Å². The van der Waals surface area contributed by atoms with E-state index in [-0.39, 0.29) is 17.8 Å². The third-order valence-electron chi connectivity index (χ3n) is 4.17. The molecule has 1 aliphatic heterocycles. The summed E-state index contributed by atoms with van der Waals surface area (Å²) in [4.78, 5) is 26.0. The molecule has 1 saturated heterocycles. The SMILES string of the molecule is CCOC(=O)C1CCN(C(=O)[C@H](C)Oc2ccccc2C)CC1. The Morgan fingerprint density at radius 2 is 1.91 bits per heavy atom. The Morgan fingerprint density at radius 3 is 2.52 bits per heavy atom. The van der Waals surface area contributed by atoms with Crippen molar-refractivity contribution in [1.82, 2.24) is 4.90 Å². The predicted molar refractivity (Wildman–Crippen MR) is 87.2 cm³/mol. The number of aryl methyl sites for hydroxylation is 1. The zero-order valence-electron chi connectivity index (χ0n) is 14.1. The lowest BCUT2D eigenvalue weighted by Gasteiger charge is -2.32. The highest BCUT2D eigenvalue weighted by Crippen LogP contribution is 2.22. The molecule has 0 radical (unpaired) electrons. The van der Waals surface area contributed by atoms with Gasteiger partial charge >= 0.3 is 5.97 Å². The Bertz CT molecular complexity index is 550. The second-order valence-corrected chi connectivity index (χ2v) is 5.88. The first-order valence-electron chi connectivity index (χ1n) is 8.20. The quantitative estimate of drug-likeness (QED) is 0.783. The van der Waals surface area contributed by atoms with Gasteiger partial charge in [-0.05, 0) is 45.2 Å². The Hall–Kier alpha value is -2.04. The molecule has 1 atom stereocenters. The van der Waals surface area contributed by atoms with Gasteiger partial charge < -0.3 is 14.4 Å². The molecule has 0 aliphatic carbocycles. The maximum atomic E-state index is 12.5. The minimum atomic E-state index is -0.532. The van der Waals surface area contributed by atoms with Gasteiger partial charge in [-0.15, -0.1) is 0 Å². The second kappa shape index (κ2) is 7.99. The van der Waals surface area contributed by atoms with Crippen molar-refractivity contribution in [2.45, 2.75) is 39.7 Å². The van der Waals surface area contributed by atoms with Gasteiger partial charge in [0.1, 0.15) is 5.75 Å². The lowest BCUT2D eigenvalue weighted by atomic mass is 9.96. The van der Waals surface area contributed by atoms with E-state index < -0.39 is 6.10 Å². The number of piperidine rings is 1. The number of ether oxygens (including phenoxy) is 2. The summed E-state index contributed by atoms with van der Waals surface area (Å²) in [5.41, 5.74) is 1.01.